The summed E-state index contributed by atoms with van der Waals surface area (Å²) in [6.45, 7) is 9.71. The van der Waals surface area contributed by atoms with Crippen molar-refractivity contribution in [2.75, 3.05) is 33.3 Å². The summed E-state index contributed by atoms with van der Waals surface area (Å²) >= 11 is 0. The first-order chi connectivity index (χ1) is 17.4. The van der Waals surface area contributed by atoms with Crippen LogP contribution in [0.2, 0.25) is 0 Å². The number of hydrogen-bond donors (Lipinski definition) is 1. The highest BCUT2D eigenvalue weighted by molar-refractivity contribution is 6.46. The third kappa shape index (κ3) is 6.35. The smallest absolute Gasteiger partial charge is 0.295 e. The van der Waals surface area contributed by atoms with E-state index in [1.165, 1.54) is 0 Å². The van der Waals surface area contributed by atoms with Gasteiger partial charge in [0.15, 0.2) is 0 Å². The number of methoxy groups -OCH3 is 1. The molecule has 1 fully saturated rings. The van der Waals surface area contributed by atoms with E-state index in [2.05, 4.69) is 18.7 Å². The highest BCUT2D eigenvalue weighted by atomic mass is 16.5. The van der Waals surface area contributed by atoms with E-state index in [4.69, 9.17) is 4.74 Å². The molecule has 1 saturated heterocycles. The lowest BCUT2D eigenvalue weighted by molar-refractivity contribution is -0.140. The SMILES string of the molecule is CCCCN(CCCC)CCCN1C(=O)C(=O)C(=C(O)c2ccc(C)cc2)[C@@H]1c1ccccc1OC. The highest BCUT2D eigenvalue weighted by Gasteiger charge is 2.46. The van der Waals surface area contributed by atoms with Gasteiger partial charge in [-0.2, -0.15) is 0 Å². The van der Waals surface area contributed by atoms with Crippen molar-refractivity contribution >= 4 is 17.4 Å². The lowest BCUT2D eigenvalue weighted by Crippen LogP contribution is -2.34. The number of carbonyl (C=O) groups excluding carboxylic acids is 2. The number of ketones is 1. The van der Waals surface area contributed by atoms with E-state index in [9.17, 15) is 14.7 Å². The molecule has 194 valence electrons. The molecule has 0 unspecified atom stereocenters. The molecule has 1 aliphatic rings. The Kier molecular flexibility index (Phi) is 10.1. The molecule has 36 heavy (non-hydrogen) atoms. The quantitative estimate of drug-likeness (QED) is 0.220. The van der Waals surface area contributed by atoms with Gasteiger partial charge in [-0.15, -0.1) is 0 Å². The van der Waals surface area contributed by atoms with Crippen LogP contribution < -0.4 is 4.74 Å². The van der Waals surface area contributed by atoms with Gasteiger partial charge in [-0.25, -0.2) is 0 Å². The van der Waals surface area contributed by atoms with Crippen LogP contribution in [0.1, 0.15) is 68.7 Å². The summed E-state index contributed by atoms with van der Waals surface area (Å²) in [6, 6.07) is 14.0. The average molecular weight is 493 g/mol. The molecule has 0 aromatic heterocycles. The number of amides is 1. The predicted octanol–water partition coefficient (Wildman–Crippen LogP) is 5.72. The van der Waals surface area contributed by atoms with E-state index in [0.29, 0.717) is 23.4 Å². The molecule has 0 bridgehead atoms. The molecule has 2 aromatic carbocycles. The van der Waals surface area contributed by atoms with Crippen molar-refractivity contribution in [3.8, 4) is 5.75 Å². The first-order valence-corrected chi connectivity index (χ1v) is 13.1. The summed E-state index contributed by atoms with van der Waals surface area (Å²) in [5, 5.41) is 11.3. The number of Topliss-reactive ketones (excluding diaryl/α,β-unsaturated/α-hetero) is 1. The predicted molar refractivity (Wildman–Crippen MR) is 144 cm³/mol. The molecule has 0 saturated carbocycles. The molecule has 0 radical (unpaired) electrons. The number of rotatable bonds is 13. The number of aliphatic hydroxyl groups excluding tert-OH is 1. The van der Waals surface area contributed by atoms with Crippen LogP contribution in [0.15, 0.2) is 54.1 Å². The van der Waals surface area contributed by atoms with Crippen LogP contribution in [0.4, 0.5) is 0 Å². The van der Waals surface area contributed by atoms with Crippen molar-refractivity contribution in [1.82, 2.24) is 9.80 Å². The van der Waals surface area contributed by atoms with Crippen molar-refractivity contribution in [1.29, 1.82) is 0 Å². The summed E-state index contributed by atoms with van der Waals surface area (Å²) in [5.41, 5.74) is 2.37. The van der Waals surface area contributed by atoms with Gasteiger partial charge in [0.2, 0.25) is 0 Å². The number of hydrogen-bond acceptors (Lipinski definition) is 5. The minimum Gasteiger partial charge on any atom is -0.507 e. The van der Waals surface area contributed by atoms with Gasteiger partial charge in [-0.05, 0) is 51.9 Å². The van der Waals surface area contributed by atoms with E-state index in [1.54, 1.807) is 24.1 Å². The lowest BCUT2D eigenvalue weighted by Gasteiger charge is -2.28. The highest BCUT2D eigenvalue weighted by Crippen LogP contribution is 2.42. The van der Waals surface area contributed by atoms with Gasteiger partial charge < -0.3 is 19.6 Å². The van der Waals surface area contributed by atoms with Crippen LogP contribution in [-0.4, -0.2) is 59.9 Å². The van der Waals surface area contributed by atoms with E-state index in [-0.39, 0.29) is 11.3 Å². The van der Waals surface area contributed by atoms with Gasteiger partial charge in [0.25, 0.3) is 11.7 Å². The summed E-state index contributed by atoms with van der Waals surface area (Å²) in [6.07, 6.45) is 5.32. The second kappa shape index (κ2) is 13.3. The monoisotopic (exact) mass is 492 g/mol. The van der Waals surface area contributed by atoms with Crippen LogP contribution in [0, 0.1) is 6.92 Å². The molecule has 1 N–H and O–H groups in total. The van der Waals surface area contributed by atoms with Gasteiger partial charge in [0, 0.05) is 17.7 Å². The Hall–Kier alpha value is -3.12. The number of likely N-dealkylation sites (tertiary alicyclic amines) is 1. The molecular weight excluding hydrogens is 452 g/mol. The number of aryl methyl sites for hydroxylation is 1. The number of benzene rings is 2. The fourth-order valence-electron chi connectivity index (χ4n) is 4.76. The summed E-state index contributed by atoms with van der Waals surface area (Å²) in [7, 11) is 1.57. The lowest BCUT2D eigenvalue weighted by atomic mass is 9.94. The topological polar surface area (TPSA) is 70.1 Å². The van der Waals surface area contributed by atoms with Crippen LogP contribution in [0.25, 0.3) is 5.76 Å². The number of unbranched alkanes of at least 4 members (excludes halogenated alkanes) is 2. The van der Waals surface area contributed by atoms with Gasteiger partial charge in [0.05, 0.1) is 18.7 Å². The number of para-hydroxylation sites is 1. The number of carbonyl (C=O) groups is 2. The Morgan fingerprint density at radius 3 is 2.17 bits per heavy atom. The minimum atomic E-state index is -0.706. The molecule has 6 nitrogen and oxygen atoms in total. The number of aliphatic hydroxyl groups is 1. The zero-order chi connectivity index (χ0) is 26.1. The summed E-state index contributed by atoms with van der Waals surface area (Å²) in [4.78, 5) is 30.6. The van der Waals surface area contributed by atoms with Crippen LogP contribution in [0.3, 0.4) is 0 Å². The Balaban J connectivity index is 1.95. The summed E-state index contributed by atoms with van der Waals surface area (Å²) in [5.74, 6) is -0.804. The maximum absolute atomic E-state index is 13.3. The van der Waals surface area contributed by atoms with Crippen molar-refractivity contribution in [3.05, 3.63) is 70.8 Å². The van der Waals surface area contributed by atoms with Crippen molar-refractivity contribution in [3.63, 3.8) is 0 Å². The fourth-order valence-corrected chi connectivity index (χ4v) is 4.76. The Labute approximate surface area is 215 Å². The second-order valence-electron chi connectivity index (χ2n) is 9.50. The zero-order valence-corrected chi connectivity index (χ0v) is 22.1. The van der Waals surface area contributed by atoms with Crippen molar-refractivity contribution in [2.45, 2.75) is 58.9 Å². The molecule has 2 aromatic rings. The van der Waals surface area contributed by atoms with Crippen molar-refractivity contribution < 1.29 is 19.4 Å². The molecule has 1 atom stereocenters. The minimum absolute atomic E-state index is 0.113. The van der Waals surface area contributed by atoms with Crippen LogP contribution >= 0.6 is 0 Å². The fraction of sp³-hybridized carbons (Fsp3) is 0.467. The number of nitrogens with zero attached hydrogens (tertiary/aromatic N) is 2. The Morgan fingerprint density at radius 1 is 0.944 bits per heavy atom. The third-order valence-corrected chi connectivity index (χ3v) is 6.83. The maximum Gasteiger partial charge on any atom is 0.295 e. The zero-order valence-electron chi connectivity index (χ0n) is 22.1. The van der Waals surface area contributed by atoms with Gasteiger partial charge in [-0.3, -0.25) is 9.59 Å². The van der Waals surface area contributed by atoms with Gasteiger partial charge >= 0.3 is 0 Å². The van der Waals surface area contributed by atoms with E-state index in [1.807, 2.05) is 43.3 Å². The molecule has 0 aliphatic carbocycles. The van der Waals surface area contributed by atoms with E-state index >= 15 is 0 Å². The van der Waals surface area contributed by atoms with E-state index < -0.39 is 17.7 Å². The number of ether oxygens (including phenoxy) is 1. The molecule has 1 amide bonds. The molecular formula is C30H40N2O4. The normalized spacial score (nSPS) is 17.2. The largest absolute Gasteiger partial charge is 0.507 e. The second-order valence-corrected chi connectivity index (χ2v) is 9.50. The van der Waals surface area contributed by atoms with Crippen LogP contribution in [0.5, 0.6) is 5.75 Å². The van der Waals surface area contributed by atoms with Gasteiger partial charge in [-0.1, -0.05) is 74.7 Å². The summed E-state index contributed by atoms with van der Waals surface area (Å²) < 4.78 is 5.60. The first-order valence-electron chi connectivity index (χ1n) is 13.1. The average Bonchev–Trinajstić information content (AvgIpc) is 3.14. The maximum atomic E-state index is 13.3. The van der Waals surface area contributed by atoms with Crippen molar-refractivity contribution in [2.24, 2.45) is 0 Å². The standard InChI is InChI=1S/C30H40N2O4/c1-5-7-18-31(19-8-6-2)20-11-21-32-27(24-12-9-10-13-25(24)36-4)26(29(34)30(32)35)28(33)23-16-14-22(3)15-17-23/h9-10,12-17,27,33H,5-8,11,18-21H2,1-4H3/t27-/m0/s1. The Morgan fingerprint density at radius 2 is 1.56 bits per heavy atom. The third-order valence-electron chi connectivity index (χ3n) is 6.83. The van der Waals surface area contributed by atoms with Crippen LogP contribution in [-0.2, 0) is 9.59 Å². The molecule has 0 spiro atoms. The van der Waals surface area contributed by atoms with Gasteiger partial charge in [0.1, 0.15) is 11.5 Å². The van der Waals surface area contributed by atoms with E-state index in [0.717, 1.165) is 57.3 Å². The Bertz CT molecular complexity index is 1050. The molecule has 1 aliphatic heterocycles. The first kappa shape index (κ1) is 27.5. The molecule has 6 heteroatoms. The molecule has 1 heterocycles. The molecule has 3 rings (SSSR count).